The molecular weight excluding hydrogens is 252 g/mol. The van der Waals surface area contributed by atoms with Crippen LogP contribution in [0.15, 0.2) is 17.1 Å². The highest BCUT2D eigenvalue weighted by atomic mass is 16.2. The minimum Gasteiger partial charge on any atom is -0.364 e. The molecule has 0 aliphatic heterocycles. The standard InChI is InChI=1S/C16H24N2O2/c1-11(2)10-18(13-6-4-5-7-13)16(20)14-9-17-12(3)8-15(14)19/h8-9,11,13H,4-7,10H2,1-3H3,(H,17,19). The van der Waals surface area contributed by atoms with Gasteiger partial charge in [0.25, 0.3) is 5.91 Å². The number of aryl methyl sites for hydroxylation is 1. The lowest BCUT2D eigenvalue weighted by Gasteiger charge is -2.30. The van der Waals surface area contributed by atoms with Crippen LogP contribution in [0.2, 0.25) is 0 Å². The van der Waals surface area contributed by atoms with Gasteiger partial charge in [-0.1, -0.05) is 26.7 Å². The quantitative estimate of drug-likeness (QED) is 0.919. The molecule has 0 saturated heterocycles. The van der Waals surface area contributed by atoms with Crippen molar-refractivity contribution in [2.45, 2.75) is 52.5 Å². The maximum atomic E-state index is 12.7. The van der Waals surface area contributed by atoms with Crippen molar-refractivity contribution >= 4 is 5.91 Å². The maximum absolute atomic E-state index is 12.7. The number of amides is 1. The van der Waals surface area contributed by atoms with Crippen LogP contribution in [0.1, 0.15) is 55.6 Å². The third kappa shape index (κ3) is 3.30. The predicted octanol–water partition coefficient (Wildman–Crippen LogP) is 2.72. The van der Waals surface area contributed by atoms with Gasteiger partial charge in [-0.2, -0.15) is 0 Å². The molecule has 1 fully saturated rings. The van der Waals surface area contributed by atoms with E-state index < -0.39 is 0 Å². The molecule has 1 N–H and O–H groups in total. The van der Waals surface area contributed by atoms with Gasteiger partial charge in [-0.3, -0.25) is 9.59 Å². The van der Waals surface area contributed by atoms with E-state index in [-0.39, 0.29) is 16.9 Å². The first kappa shape index (κ1) is 14.8. The molecule has 0 spiro atoms. The van der Waals surface area contributed by atoms with Crippen LogP contribution < -0.4 is 5.43 Å². The van der Waals surface area contributed by atoms with Gasteiger partial charge in [0, 0.05) is 30.5 Å². The molecule has 1 aliphatic carbocycles. The van der Waals surface area contributed by atoms with Crippen LogP contribution in [0.25, 0.3) is 0 Å². The van der Waals surface area contributed by atoms with E-state index in [1.807, 2.05) is 11.8 Å². The molecule has 2 rings (SSSR count). The molecule has 0 bridgehead atoms. The Balaban J connectivity index is 2.27. The minimum absolute atomic E-state index is 0.119. The monoisotopic (exact) mass is 276 g/mol. The number of carbonyl (C=O) groups excluding carboxylic acids is 1. The van der Waals surface area contributed by atoms with E-state index in [4.69, 9.17) is 0 Å². The third-order valence-corrected chi connectivity index (χ3v) is 3.88. The van der Waals surface area contributed by atoms with E-state index in [1.54, 1.807) is 6.20 Å². The number of aromatic amines is 1. The molecule has 4 heteroatoms. The van der Waals surface area contributed by atoms with Gasteiger partial charge in [-0.15, -0.1) is 0 Å². The number of carbonyl (C=O) groups is 1. The molecule has 0 atom stereocenters. The van der Waals surface area contributed by atoms with E-state index in [0.717, 1.165) is 25.1 Å². The van der Waals surface area contributed by atoms with Gasteiger partial charge in [0.1, 0.15) is 5.56 Å². The summed E-state index contributed by atoms with van der Waals surface area (Å²) in [5.41, 5.74) is 0.865. The molecule has 1 saturated carbocycles. The number of H-pyrrole nitrogens is 1. The van der Waals surface area contributed by atoms with Crippen molar-refractivity contribution in [2.24, 2.45) is 5.92 Å². The second kappa shape index (κ2) is 6.25. The summed E-state index contributed by atoms with van der Waals surface area (Å²) in [5.74, 6) is 0.288. The summed E-state index contributed by atoms with van der Waals surface area (Å²) in [6.07, 6.45) is 6.03. The average Bonchev–Trinajstić information content (AvgIpc) is 2.88. The summed E-state index contributed by atoms with van der Waals surface area (Å²) < 4.78 is 0. The fourth-order valence-corrected chi connectivity index (χ4v) is 2.90. The number of nitrogens with one attached hydrogen (secondary N) is 1. The number of rotatable bonds is 4. The van der Waals surface area contributed by atoms with Gasteiger partial charge in [0.05, 0.1) is 0 Å². The molecule has 0 unspecified atom stereocenters. The van der Waals surface area contributed by atoms with Crippen molar-refractivity contribution in [3.8, 4) is 0 Å². The Morgan fingerprint density at radius 3 is 2.60 bits per heavy atom. The van der Waals surface area contributed by atoms with Gasteiger partial charge in [0.2, 0.25) is 0 Å². The van der Waals surface area contributed by atoms with Crippen molar-refractivity contribution in [1.29, 1.82) is 0 Å². The lowest BCUT2D eigenvalue weighted by atomic mass is 10.1. The molecule has 1 aromatic rings. The summed E-state index contributed by atoms with van der Waals surface area (Å²) in [6, 6.07) is 1.79. The van der Waals surface area contributed by atoms with Crippen LogP contribution in [0.3, 0.4) is 0 Å². The molecule has 1 amide bonds. The fraction of sp³-hybridized carbons (Fsp3) is 0.625. The van der Waals surface area contributed by atoms with E-state index >= 15 is 0 Å². The largest absolute Gasteiger partial charge is 0.364 e. The Hall–Kier alpha value is -1.58. The topological polar surface area (TPSA) is 53.2 Å². The van der Waals surface area contributed by atoms with E-state index in [0.29, 0.717) is 12.0 Å². The Kier molecular flexibility index (Phi) is 4.63. The summed E-state index contributed by atoms with van der Waals surface area (Å²) in [7, 11) is 0. The molecule has 1 aliphatic rings. The lowest BCUT2D eigenvalue weighted by Crippen LogP contribution is -2.42. The number of pyridine rings is 1. The zero-order valence-corrected chi connectivity index (χ0v) is 12.6. The zero-order chi connectivity index (χ0) is 14.7. The van der Waals surface area contributed by atoms with E-state index in [2.05, 4.69) is 18.8 Å². The first-order valence-electron chi connectivity index (χ1n) is 7.49. The predicted molar refractivity (Wildman–Crippen MR) is 79.9 cm³/mol. The number of hydrogen-bond donors (Lipinski definition) is 1. The molecule has 0 radical (unpaired) electrons. The highest BCUT2D eigenvalue weighted by Crippen LogP contribution is 2.25. The van der Waals surface area contributed by atoms with Crippen LogP contribution in [-0.2, 0) is 0 Å². The zero-order valence-electron chi connectivity index (χ0n) is 12.6. The third-order valence-electron chi connectivity index (χ3n) is 3.88. The molecular formula is C16H24N2O2. The SMILES string of the molecule is Cc1cc(=O)c(C(=O)N(CC(C)C)C2CCCC2)c[nH]1. The smallest absolute Gasteiger partial charge is 0.259 e. The van der Waals surface area contributed by atoms with Crippen molar-refractivity contribution < 1.29 is 4.79 Å². The van der Waals surface area contributed by atoms with Gasteiger partial charge in [-0.05, 0) is 25.7 Å². The van der Waals surface area contributed by atoms with Crippen molar-refractivity contribution in [2.75, 3.05) is 6.54 Å². The summed E-state index contributed by atoms with van der Waals surface area (Å²) in [5, 5.41) is 0. The Morgan fingerprint density at radius 2 is 2.05 bits per heavy atom. The normalized spacial score (nSPS) is 15.8. The van der Waals surface area contributed by atoms with Crippen LogP contribution in [0.5, 0.6) is 0 Å². The molecule has 20 heavy (non-hydrogen) atoms. The highest BCUT2D eigenvalue weighted by Gasteiger charge is 2.28. The Bertz CT molecular complexity index is 528. The van der Waals surface area contributed by atoms with Crippen molar-refractivity contribution in [1.82, 2.24) is 9.88 Å². The number of aromatic nitrogens is 1. The van der Waals surface area contributed by atoms with Gasteiger partial charge in [-0.25, -0.2) is 0 Å². The summed E-state index contributed by atoms with van der Waals surface area (Å²) in [4.78, 5) is 29.6. The van der Waals surface area contributed by atoms with Crippen LogP contribution in [0, 0.1) is 12.8 Å². The van der Waals surface area contributed by atoms with Gasteiger partial charge >= 0.3 is 0 Å². The number of hydrogen-bond acceptors (Lipinski definition) is 2. The highest BCUT2D eigenvalue weighted by molar-refractivity contribution is 5.94. The summed E-state index contributed by atoms with van der Waals surface area (Å²) in [6.45, 7) is 6.75. The average molecular weight is 276 g/mol. The van der Waals surface area contributed by atoms with Crippen molar-refractivity contribution in [3.63, 3.8) is 0 Å². The second-order valence-electron chi connectivity index (χ2n) is 6.18. The fourth-order valence-electron chi connectivity index (χ4n) is 2.90. The second-order valence-corrected chi connectivity index (χ2v) is 6.18. The minimum atomic E-state index is -0.182. The Labute approximate surface area is 120 Å². The molecule has 110 valence electrons. The van der Waals surface area contributed by atoms with Crippen LogP contribution in [-0.4, -0.2) is 28.4 Å². The lowest BCUT2D eigenvalue weighted by molar-refractivity contribution is 0.0654. The first-order chi connectivity index (χ1) is 9.49. The van der Waals surface area contributed by atoms with E-state index in [1.165, 1.54) is 18.9 Å². The van der Waals surface area contributed by atoms with Gasteiger partial charge < -0.3 is 9.88 Å². The van der Waals surface area contributed by atoms with Crippen LogP contribution in [0.4, 0.5) is 0 Å². The Morgan fingerprint density at radius 1 is 1.40 bits per heavy atom. The first-order valence-corrected chi connectivity index (χ1v) is 7.49. The maximum Gasteiger partial charge on any atom is 0.259 e. The van der Waals surface area contributed by atoms with Gasteiger partial charge in [0.15, 0.2) is 5.43 Å². The van der Waals surface area contributed by atoms with E-state index in [9.17, 15) is 9.59 Å². The molecule has 1 heterocycles. The molecule has 1 aromatic heterocycles. The van der Waals surface area contributed by atoms with Crippen molar-refractivity contribution in [3.05, 3.63) is 33.7 Å². The number of nitrogens with zero attached hydrogens (tertiary/aromatic N) is 1. The molecule has 0 aromatic carbocycles. The molecule has 4 nitrogen and oxygen atoms in total. The van der Waals surface area contributed by atoms with Crippen LogP contribution >= 0.6 is 0 Å². The summed E-state index contributed by atoms with van der Waals surface area (Å²) >= 11 is 0.